The maximum Gasteiger partial charge on any atom is 0.0944 e. The van der Waals surface area contributed by atoms with Gasteiger partial charge in [0.05, 0.1) is 6.07 Å². The van der Waals surface area contributed by atoms with Gasteiger partial charge in [-0.25, -0.2) is 0 Å². The molecule has 0 aromatic heterocycles. The van der Waals surface area contributed by atoms with Crippen LogP contribution in [-0.4, -0.2) is 13.6 Å². The fraction of sp³-hybridized carbons (Fsp3) is 0.400. The molecule has 1 aromatic rings. The Kier molecular flexibility index (Phi) is 5.29. The molecule has 0 saturated heterocycles. The molecule has 0 fully saturated rings. The highest BCUT2D eigenvalue weighted by molar-refractivity contribution is 5.45. The molecule has 0 heterocycles. The third-order valence-corrected chi connectivity index (χ3v) is 2.59. The molecule has 2 nitrogen and oxygen atoms in total. The number of nitriles is 1. The topological polar surface area (TPSA) is 27.0 Å². The van der Waals surface area contributed by atoms with Gasteiger partial charge in [-0.2, -0.15) is 5.26 Å². The van der Waals surface area contributed by atoms with Gasteiger partial charge in [0.1, 0.15) is 0 Å². The largest absolute Gasteiger partial charge is 0.374 e. The molecule has 0 saturated carbocycles. The van der Waals surface area contributed by atoms with Gasteiger partial charge in [-0.1, -0.05) is 38.1 Å². The summed E-state index contributed by atoms with van der Waals surface area (Å²) < 4.78 is 0. The Morgan fingerprint density at radius 2 is 2.00 bits per heavy atom. The summed E-state index contributed by atoms with van der Waals surface area (Å²) in [6, 6.07) is 12.5. The first-order valence-corrected chi connectivity index (χ1v) is 6.00. The third-order valence-electron chi connectivity index (χ3n) is 2.59. The van der Waals surface area contributed by atoms with E-state index >= 15 is 0 Å². The van der Waals surface area contributed by atoms with Crippen molar-refractivity contribution in [2.24, 2.45) is 5.92 Å². The number of benzene rings is 1. The van der Waals surface area contributed by atoms with Crippen molar-refractivity contribution in [1.82, 2.24) is 0 Å². The normalized spacial score (nSPS) is 11.4. The first kappa shape index (κ1) is 13.3. The van der Waals surface area contributed by atoms with Crippen molar-refractivity contribution in [2.45, 2.75) is 20.3 Å². The van der Waals surface area contributed by atoms with E-state index in [1.165, 1.54) is 5.69 Å². The molecule has 0 radical (unpaired) electrons. The average molecular weight is 228 g/mol. The predicted molar refractivity (Wildman–Crippen MR) is 72.9 cm³/mol. The summed E-state index contributed by atoms with van der Waals surface area (Å²) in [4.78, 5) is 2.17. The molecule has 90 valence electrons. The smallest absolute Gasteiger partial charge is 0.0944 e. The summed E-state index contributed by atoms with van der Waals surface area (Å²) in [7, 11) is 2.06. The van der Waals surface area contributed by atoms with Crippen LogP contribution in [0.1, 0.15) is 20.3 Å². The zero-order chi connectivity index (χ0) is 12.7. The Hall–Kier alpha value is -1.75. The molecule has 1 aromatic carbocycles. The Balaban J connectivity index is 2.54. The molecule has 0 aliphatic carbocycles. The molecule has 0 spiro atoms. The van der Waals surface area contributed by atoms with Crippen molar-refractivity contribution < 1.29 is 0 Å². The van der Waals surface area contributed by atoms with Crippen LogP contribution in [0.5, 0.6) is 0 Å². The van der Waals surface area contributed by atoms with Crippen LogP contribution in [0.2, 0.25) is 0 Å². The molecule has 0 atom stereocenters. The van der Waals surface area contributed by atoms with Crippen molar-refractivity contribution in [3.8, 4) is 6.07 Å². The second kappa shape index (κ2) is 6.75. The maximum absolute atomic E-state index is 9.02. The maximum atomic E-state index is 9.02. The second-order valence-electron chi connectivity index (χ2n) is 4.55. The lowest BCUT2D eigenvalue weighted by molar-refractivity contribution is 0.805. The van der Waals surface area contributed by atoms with Crippen LogP contribution >= 0.6 is 0 Å². The van der Waals surface area contributed by atoms with Crippen molar-refractivity contribution in [2.75, 3.05) is 18.5 Å². The van der Waals surface area contributed by atoms with E-state index in [2.05, 4.69) is 44.0 Å². The van der Waals surface area contributed by atoms with Crippen LogP contribution in [0.15, 0.2) is 42.0 Å². The minimum Gasteiger partial charge on any atom is -0.374 e. The van der Waals surface area contributed by atoms with Crippen LogP contribution in [0.3, 0.4) is 0 Å². The van der Waals surface area contributed by atoms with Gasteiger partial charge in [-0.3, -0.25) is 0 Å². The van der Waals surface area contributed by atoms with Crippen molar-refractivity contribution in [3.05, 3.63) is 42.0 Å². The van der Waals surface area contributed by atoms with Crippen LogP contribution in [0, 0.1) is 17.2 Å². The van der Waals surface area contributed by atoms with Gasteiger partial charge in [-0.15, -0.1) is 0 Å². The zero-order valence-corrected chi connectivity index (χ0v) is 10.9. The van der Waals surface area contributed by atoms with Gasteiger partial charge < -0.3 is 4.90 Å². The molecule has 17 heavy (non-hydrogen) atoms. The van der Waals surface area contributed by atoms with E-state index in [0.29, 0.717) is 5.92 Å². The van der Waals surface area contributed by atoms with Gasteiger partial charge in [0.2, 0.25) is 0 Å². The van der Waals surface area contributed by atoms with E-state index in [0.717, 1.165) is 18.5 Å². The third kappa shape index (κ3) is 4.74. The SMILES string of the molecule is CC(C)C=C(C#N)CCN(C)c1ccccc1. The Morgan fingerprint density at radius 3 is 2.53 bits per heavy atom. The molecule has 1 rings (SSSR count). The molecule has 0 aliphatic heterocycles. The molecule has 0 unspecified atom stereocenters. The molecule has 0 amide bonds. The monoisotopic (exact) mass is 228 g/mol. The number of para-hydroxylation sites is 1. The Bertz CT molecular complexity index is 399. The fourth-order valence-corrected chi connectivity index (χ4v) is 1.68. The molecule has 0 aliphatic rings. The minimum atomic E-state index is 0.437. The van der Waals surface area contributed by atoms with Crippen LogP contribution in [0.4, 0.5) is 5.69 Å². The van der Waals surface area contributed by atoms with Gasteiger partial charge in [-0.05, 0) is 24.5 Å². The van der Waals surface area contributed by atoms with Crippen LogP contribution in [-0.2, 0) is 0 Å². The lowest BCUT2D eigenvalue weighted by Crippen LogP contribution is -2.18. The van der Waals surface area contributed by atoms with E-state index in [1.807, 2.05) is 24.3 Å². The van der Waals surface area contributed by atoms with Gasteiger partial charge in [0.15, 0.2) is 0 Å². The Labute approximate surface area is 104 Å². The number of hydrogen-bond acceptors (Lipinski definition) is 2. The molecule has 2 heteroatoms. The van der Waals surface area contributed by atoms with E-state index in [1.54, 1.807) is 0 Å². The average Bonchev–Trinajstić information content (AvgIpc) is 2.34. The number of allylic oxidation sites excluding steroid dienone is 1. The zero-order valence-electron chi connectivity index (χ0n) is 10.9. The van der Waals surface area contributed by atoms with E-state index in [4.69, 9.17) is 5.26 Å². The molecule has 0 bridgehead atoms. The molecular weight excluding hydrogens is 208 g/mol. The van der Waals surface area contributed by atoms with Crippen molar-refractivity contribution in [3.63, 3.8) is 0 Å². The first-order chi connectivity index (χ1) is 8.13. The molecular formula is C15H20N2. The fourth-order valence-electron chi connectivity index (χ4n) is 1.68. The van der Waals surface area contributed by atoms with Gasteiger partial charge >= 0.3 is 0 Å². The summed E-state index contributed by atoms with van der Waals surface area (Å²) in [6.45, 7) is 5.06. The summed E-state index contributed by atoms with van der Waals surface area (Å²) >= 11 is 0. The first-order valence-electron chi connectivity index (χ1n) is 6.00. The number of nitrogens with zero attached hydrogens (tertiary/aromatic N) is 2. The highest BCUT2D eigenvalue weighted by atomic mass is 15.1. The van der Waals surface area contributed by atoms with Crippen LogP contribution in [0.25, 0.3) is 0 Å². The number of rotatable bonds is 5. The number of hydrogen-bond donors (Lipinski definition) is 0. The Morgan fingerprint density at radius 1 is 1.35 bits per heavy atom. The van der Waals surface area contributed by atoms with Crippen molar-refractivity contribution >= 4 is 5.69 Å². The van der Waals surface area contributed by atoms with Gasteiger partial charge in [0, 0.05) is 24.9 Å². The summed E-state index contributed by atoms with van der Waals surface area (Å²) in [5.41, 5.74) is 2.07. The summed E-state index contributed by atoms with van der Waals surface area (Å²) in [6.07, 6.45) is 2.85. The predicted octanol–water partition coefficient (Wildman–Crippen LogP) is 3.62. The van der Waals surface area contributed by atoms with E-state index in [9.17, 15) is 0 Å². The van der Waals surface area contributed by atoms with Gasteiger partial charge in [0.25, 0.3) is 0 Å². The summed E-state index contributed by atoms with van der Waals surface area (Å²) in [5.74, 6) is 0.437. The van der Waals surface area contributed by atoms with Crippen molar-refractivity contribution in [1.29, 1.82) is 5.26 Å². The lowest BCUT2D eigenvalue weighted by atomic mass is 10.1. The lowest BCUT2D eigenvalue weighted by Gasteiger charge is -2.18. The highest BCUT2D eigenvalue weighted by Crippen LogP contribution is 2.13. The second-order valence-corrected chi connectivity index (χ2v) is 4.55. The minimum absolute atomic E-state index is 0.437. The molecule has 0 N–H and O–H groups in total. The quantitative estimate of drug-likeness (QED) is 0.720. The van der Waals surface area contributed by atoms with E-state index < -0.39 is 0 Å². The summed E-state index contributed by atoms with van der Waals surface area (Å²) in [5, 5.41) is 9.02. The highest BCUT2D eigenvalue weighted by Gasteiger charge is 2.02. The number of anilines is 1. The van der Waals surface area contributed by atoms with Crippen LogP contribution < -0.4 is 4.90 Å². The van der Waals surface area contributed by atoms with E-state index in [-0.39, 0.29) is 0 Å². The standard InChI is InChI=1S/C15H20N2/c1-13(2)11-14(12-16)9-10-17(3)15-7-5-4-6-8-15/h4-8,11,13H,9-10H2,1-3H3.